The van der Waals surface area contributed by atoms with Gasteiger partial charge in [-0.2, -0.15) is 4.39 Å². The lowest BCUT2D eigenvalue weighted by Gasteiger charge is -2.17. The van der Waals surface area contributed by atoms with E-state index < -0.39 is 5.95 Å². The van der Waals surface area contributed by atoms with Gasteiger partial charge in [-0.25, -0.2) is 9.98 Å². The van der Waals surface area contributed by atoms with E-state index in [2.05, 4.69) is 15.6 Å². The van der Waals surface area contributed by atoms with Gasteiger partial charge in [-0.15, -0.1) is 0 Å². The first kappa shape index (κ1) is 27.0. The molecular formula is C30H32FN7O2. The second-order valence-corrected chi connectivity index (χ2v) is 9.71. The summed E-state index contributed by atoms with van der Waals surface area (Å²) < 4.78 is 17.0. The van der Waals surface area contributed by atoms with Crippen LogP contribution in [0.4, 0.5) is 10.1 Å². The molecule has 3 heterocycles. The van der Waals surface area contributed by atoms with Gasteiger partial charge >= 0.3 is 0 Å². The third-order valence-corrected chi connectivity index (χ3v) is 7.30. The summed E-state index contributed by atoms with van der Waals surface area (Å²) in [6, 6.07) is 22.2. The first-order valence-corrected chi connectivity index (χ1v) is 13.2. The predicted octanol–water partition coefficient (Wildman–Crippen LogP) is 2.17. The van der Waals surface area contributed by atoms with Crippen LogP contribution in [0.5, 0.6) is 0 Å². The SMILES string of the molecule is CO.Cn1c(=O)/c(=C(/NCc2ccc(-c3cccc(F)n3)cc2)Nc2ccccc2)c(=N)n2c1=NC1CCCC12. The highest BCUT2D eigenvalue weighted by atomic mass is 19.1. The molecular weight excluding hydrogens is 509 g/mol. The Kier molecular flexibility index (Phi) is 7.88. The number of pyridine rings is 1. The highest BCUT2D eigenvalue weighted by molar-refractivity contribution is 5.63. The summed E-state index contributed by atoms with van der Waals surface area (Å²) in [5.74, 6) is -0.0504. The van der Waals surface area contributed by atoms with Crippen LogP contribution in [-0.4, -0.2) is 32.4 Å². The molecule has 206 valence electrons. The Morgan fingerprint density at radius 3 is 2.52 bits per heavy atom. The molecule has 10 heteroatoms. The van der Waals surface area contributed by atoms with E-state index in [1.54, 1.807) is 23.7 Å². The van der Waals surface area contributed by atoms with E-state index in [4.69, 9.17) is 15.5 Å². The van der Waals surface area contributed by atoms with Crippen molar-refractivity contribution in [3.63, 3.8) is 0 Å². The molecule has 2 aromatic heterocycles. The molecule has 1 aliphatic carbocycles. The Bertz CT molecular complexity index is 1750. The van der Waals surface area contributed by atoms with Crippen molar-refractivity contribution in [2.45, 2.75) is 37.9 Å². The molecule has 1 aliphatic heterocycles. The van der Waals surface area contributed by atoms with Crippen LogP contribution >= 0.6 is 0 Å². The van der Waals surface area contributed by atoms with Crippen molar-refractivity contribution in [3.05, 3.63) is 111 Å². The Hall–Kier alpha value is -4.57. The van der Waals surface area contributed by atoms with Crippen LogP contribution in [0.3, 0.4) is 0 Å². The normalized spacial score (nSPS) is 17.6. The Morgan fingerprint density at radius 2 is 1.80 bits per heavy atom. The number of aliphatic hydroxyl groups is 1. The molecule has 9 nitrogen and oxygen atoms in total. The van der Waals surface area contributed by atoms with Crippen LogP contribution in [0.25, 0.3) is 17.1 Å². The van der Waals surface area contributed by atoms with E-state index in [0.29, 0.717) is 23.7 Å². The van der Waals surface area contributed by atoms with E-state index in [1.165, 1.54) is 6.07 Å². The lowest BCUT2D eigenvalue weighted by Crippen LogP contribution is -2.59. The molecule has 1 saturated carbocycles. The van der Waals surface area contributed by atoms with Gasteiger partial charge in [0, 0.05) is 32.0 Å². The van der Waals surface area contributed by atoms with Crippen molar-refractivity contribution >= 4 is 11.5 Å². The molecule has 2 aliphatic rings. The fourth-order valence-corrected chi connectivity index (χ4v) is 5.36. The molecule has 4 N–H and O–H groups in total. The van der Waals surface area contributed by atoms with Gasteiger partial charge in [0.2, 0.25) is 11.6 Å². The minimum Gasteiger partial charge on any atom is -0.400 e. The van der Waals surface area contributed by atoms with Crippen molar-refractivity contribution in [1.82, 2.24) is 19.4 Å². The van der Waals surface area contributed by atoms with Gasteiger partial charge in [0.15, 0.2) is 0 Å². The molecule has 6 rings (SSSR count). The number of fused-ring (bicyclic) bond motifs is 3. The van der Waals surface area contributed by atoms with Crippen molar-refractivity contribution in [3.8, 4) is 11.3 Å². The van der Waals surface area contributed by atoms with Gasteiger partial charge in [0.05, 0.1) is 17.8 Å². The standard InChI is InChI=1S/C29H28FN7O.CH4O/c1-36-28(38)25(26(31)37-23-11-5-10-22(23)35-29(36)37)27(33-20-7-3-2-4-8-20)32-17-18-13-15-19(16-14-18)21-9-6-12-24(30)34-21;1-2/h2-4,6-9,12-16,22-23,31-33H,5,10-11,17H2,1H3;2H,1H3/b27-25-,31-26?;. The second kappa shape index (κ2) is 11.7. The van der Waals surface area contributed by atoms with E-state index >= 15 is 0 Å². The van der Waals surface area contributed by atoms with Crippen molar-refractivity contribution in [2.75, 3.05) is 12.4 Å². The zero-order valence-corrected chi connectivity index (χ0v) is 22.4. The van der Waals surface area contributed by atoms with Crippen molar-refractivity contribution < 1.29 is 9.50 Å². The summed E-state index contributed by atoms with van der Waals surface area (Å²) in [7, 11) is 2.72. The number of hydrogen-bond donors (Lipinski definition) is 4. The largest absolute Gasteiger partial charge is 0.400 e. The lowest BCUT2D eigenvalue weighted by atomic mass is 10.1. The molecule has 0 amide bonds. The third-order valence-electron chi connectivity index (χ3n) is 7.30. The number of halogens is 1. The summed E-state index contributed by atoms with van der Waals surface area (Å²) in [6.07, 6.45) is 3.01. The monoisotopic (exact) mass is 541 g/mol. The quantitative estimate of drug-likeness (QED) is 0.279. The minimum atomic E-state index is -0.517. The fourth-order valence-electron chi connectivity index (χ4n) is 5.36. The maximum Gasteiger partial charge on any atom is 0.267 e. The van der Waals surface area contributed by atoms with Gasteiger partial charge in [0.25, 0.3) is 5.56 Å². The van der Waals surface area contributed by atoms with E-state index in [-0.39, 0.29) is 28.3 Å². The van der Waals surface area contributed by atoms with Crippen LogP contribution in [0.15, 0.2) is 82.6 Å². The highest BCUT2D eigenvalue weighted by Gasteiger charge is 2.35. The Labute approximate surface area is 230 Å². The van der Waals surface area contributed by atoms with Crippen molar-refractivity contribution in [1.29, 1.82) is 5.41 Å². The fraction of sp³-hybridized carbons (Fsp3) is 0.267. The van der Waals surface area contributed by atoms with Crippen LogP contribution in [0, 0.1) is 11.4 Å². The second-order valence-electron chi connectivity index (χ2n) is 9.71. The number of rotatable bonds is 6. The molecule has 4 aromatic rings. The Morgan fingerprint density at radius 1 is 1.05 bits per heavy atom. The first-order chi connectivity index (χ1) is 19.5. The number of hydrogen-bond acceptors (Lipinski definition) is 7. The van der Waals surface area contributed by atoms with Crippen LogP contribution < -0.4 is 32.5 Å². The molecule has 2 aromatic carbocycles. The number of nitrogens with zero attached hydrogens (tertiary/aromatic N) is 4. The molecule has 1 fully saturated rings. The maximum absolute atomic E-state index is 13.6. The van der Waals surface area contributed by atoms with E-state index in [9.17, 15) is 9.18 Å². The molecule has 0 saturated heterocycles. The van der Waals surface area contributed by atoms with Crippen molar-refractivity contribution in [2.24, 2.45) is 12.0 Å². The topological polar surface area (TPSA) is 120 Å². The van der Waals surface area contributed by atoms with Gasteiger partial charge in [-0.1, -0.05) is 48.5 Å². The summed E-state index contributed by atoms with van der Waals surface area (Å²) in [6.45, 7) is 0.410. The van der Waals surface area contributed by atoms with Gasteiger partial charge in [0.1, 0.15) is 16.5 Å². The van der Waals surface area contributed by atoms with Gasteiger partial charge < -0.3 is 15.7 Å². The van der Waals surface area contributed by atoms with Gasteiger partial charge in [-0.3, -0.25) is 19.3 Å². The smallest absolute Gasteiger partial charge is 0.267 e. The average molecular weight is 542 g/mol. The zero-order chi connectivity index (χ0) is 28.2. The number of nitrogens with one attached hydrogen (secondary N) is 3. The molecule has 2 unspecified atom stereocenters. The third kappa shape index (κ3) is 5.17. The number of anilines is 1. The lowest BCUT2D eigenvalue weighted by molar-refractivity contribution is 0.399. The highest BCUT2D eigenvalue weighted by Crippen LogP contribution is 2.32. The first-order valence-electron chi connectivity index (χ1n) is 13.2. The van der Waals surface area contributed by atoms with E-state index in [0.717, 1.165) is 43.2 Å². The summed E-state index contributed by atoms with van der Waals surface area (Å²) in [5.41, 5.74) is 3.60. The number of benzene rings is 2. The number of para-hydroxylation sites is 1. The van der Waals surface area contributed by atoms with Crippen LogP contribution in [-0.2, 0) is 13.6 Å². The summed E-state index contributed by atoms with van der Waals surface area (Å²) >= 11 is 0. The molecule has 40 heavy (non-hydrogen) atoms. The van der Waals surface area contributed by atoms with Crippen LogP contribution in [0.2, 0.25) is 0 Å². The molecule has 0 bridgehead atoms. The molecule has 2 atom stereocenters. The summed E-state index contributed by atoms with van der Waals surface area (Å²) in [5, 5.41) is 23.1. The Balaban J connectivity index is 0.00000158. The predicted molar refractivity (Wildman–Crippen MR) is 151 cm³/mol. The number of aliphatic hydroxyl groups excluding tert-OH is 1. The van der Waals surface area contributed by atoms with Crippen LogP contribution in [0.1, 0.15) is 30.9 Å². The number of aromatic nitrogens is 3. The average Bonchev–Trinajstić information content (AvgIpc) is 3.59. The summed E-state index contributed by atoms with van der Waals surface area (Å²) in [4.78, 5) is 22.3. The van der Waals surface area contributed by atoms with Gasteiger partial charge in [-0.05, 0) is 49.1 Å². The van der Waals surface area contributed by atoms with E-state index in [1.807, 2.05) is 59.2 Å². The maximum atomic E-state index is 13.6. The zero-order valence-electron chi connectivity index (χ0n) is 22.4. The molecule has 0 spiro atoms. The molecule has 0 radical (unpaired) electrons. The minimum absolute atomic E-state index is 0.116.